The van der Waals surface area contributed by atoms with E-state index in [-0.39, 0.29) is 17.9 Å². The molecule has 0 saturated carbocycles. The van der Waals surface area contributed by atoms with Gasteiger partial charge in [0.2, 0.25) is 0 Å². The topological polar surface area (TPSA) is 39.8 Å². The summed E-state index contributed by atoms with van der Waals surface area (Å²) in [6.07, 6.45) is 5.47. The average molecular weight is 367 g/mol. The van der Waals surface area contributed by atoms with Crippen molar-refractivity contribution >= 4 is 27.6 Å². The van der Waals surface area contributed by atoms with Crippen molar-refractivity contribution in [3.63, 3.8) is 0 Å². The summed E-state index contributed by atoms with van der Waals surface area (Å²) in [7, 11) is 2.06. The van der Waals surface area contributed by atoms with Crippen LogP contribution in [0.5, 0.6) is 0 Å². The maximum Gasteiger partial charge on any atom is 0.267 e. The minimum absolute atomic E-state index is 0.159. The van der Waals surface area contributed by atoms with E-state index in [9.17, 15) is 9.18 Å². The first-order valence-electron chi connectivity index (χ1n) is 8.01. The van der Waals surface area contributed by atoms with Crippen LogP contribution in [0.25, 0.3) is 16.3 Å². The van der Waals surface area contributed by atoms with E-state index in [2.05, 4.69) is 41.6 Å². The first-order chi connectivity index (χ1) is 12.6. The molecule has 26 heavy (non-hydrogen) atoms. The van der Waals surface area contributed by atoms with E-state index in [4.69, 9.17) is 0 Å². The summed E-state index contributed by atoms with van der Waals surface area (Å²) >= 11 is 1.78. The fourth-order valence-corrected chi connectivity index (χ4v) is 3.41. The van der Waals surface area contributed by atoms with Crippen LogP contribution in [0.2, 0.25) is 0 Å². The van der Waals surface area contributed by atoms with Gasteiger partial charge in [0.1, 0.15) is 5.82 Å². The van der Waals surface area contributed by atoms with Crippen LogP contribution < -0.4 is 5.56 Å². The Bertz CT molecular complexity index is 1090. The molecular weight excluding hydrogens is 349 g/mol. The minimum atomic E-state index is -0.324. The lowest BCUT2D eigenvalue weighted by molar-refractivity contribution is 0.572. The molecule has 0 saturated heterocycles. The van der Waals surface area contributed by atoms with Gasteiger partial charge in [-0.1, -0.05) is 30.9 Å². The second-order valence-electron chi connectivity index (χ2n) is 5.64. The predicted molar refractivity (Wildman–Crippen MR) is 105 cm³/mol. The van der Waals surface area contributed by atoms with Crippen LogP contribution in [0.3, 0.4) is 0 Å². The van der Waals surface area contributed by atoms with Crippen LogP contribution in [0.15, 0.2) is 72.3 Å². The summed E-state index contributed by atoms with van der Waals surface area (Å²) in [6.45, 7) is 3.90. The molecule has 4 aromatic rings. The molecule has 0 fully saturated rings. The Morgan fingerprint density at radius 3 is 2.73 bits per heavy atom. The quantitative estimate of drug-likeness (QED) is 0.541. The molecule has 1 aromatic carbocycles. The molecule has 132 valence electrons. The molecular formula is C20H18FN3OS. The number of aryl methyl sites for hydroxylation is 1. The Hall–Kier alpha value is -2.99. The van der Waals surface area contributed by atoms with E-state index < -0.39 is 0 Å². The molecule has 0 N–H and O–H groups in total. The number of nitrogens with zero attached hydrogens (tertiary/aromatic N) is 3. The molecule has 4 rings (SSSR count). The van der Waals surface area contributed by atoms with Crippen molar-refractivity contribution in [2.24, 2.45) is 7.05 Å². The van der Waals surface area contributed by atoms with Gasteiger partial charge >= 0.3 is 0 Å². The van der Waals surface area contributed by atoms with Crippen molar-refractivity contribution in [3.05, 3.63) is 94.1 Å². The van der Waals surface area contributed by atoms with Gasteiger partial charge in [-0.25, -0.2) is 9.07 Å². The maximum atomic E-state index is 13.3. The number of thiophene rings is 1. The van der Waals surface area contributed by atoms with Gasteiger partial charge in [0.15, 0.2) is 0 Å². The molecule has 0 aliphatic rings. The first kappa shape index (κ1) is 17.8. The fourth-order valence-electron chi connectivity index (χ4n) is 2.46. The SMILES string of the molecule is C=Cc1cc2c(ccn2C)s1.O=c1cccnn1Cc1ccccc1F. The van der Waals surface area contributed by atoms with E-state index in [0.29, 0.717) is 5.56 Å². The number of fused-ring (bicyclic) bond motifs is 1. The summed E-state index contributed by atoms with van der Waals surface area (Å²) in [4.78, 5) is 12.6. The molecule has 3 heterocycles. The Balaban J connectivity index is 0.000000158. The molecule has 0 unspecified atom stereocenters. The van der Waals surface area contributed by atoms with Gasteiger partial charge in [-0.15, -0.1) is 11.3 Å². The second kappa shape index (κ2) is 7.93. The number of hydrogen-bond donors (Lipinski definition) is 0. The van der Waals surface area contributed by atoms with Crippen LogP contribution in [0.1, 0.15) is 10.4 Å². The highest BCUT2D eigenvalue weighted by molar-refractivity contribution is 7.19. The van der Waals surface area contributed by atoms with E-state index in [0.717, 1.165) is 0 Å². The van der Waals surface area contributed by atoms with Gasteiger partial charge < -0.3 is 4.57 Å². The largest absolute Gasteiger partial charge is 0.350 e. The van der Waals surface area contributed by atoms with Crippen molar-refractivity contribution in [1.29, 1.82) is 0 Å². The summed E-state index contributed by atoms with van der Waals surface area (Å²) in [6, 6.07) is 13.6. The van der Waals surface area contributed by atoms with Gasteiger partial charge in [-0.3, -0.25) is 4.79 Å². The van der Waals surface area contributed by atoms with Crippen LogP contribution in [-0.2, 0) is 13.6 Å². The van der Waals surface area contributed by atoms with Gasteiger partial charge in [-0.2, -0.15) is 5.10 Å². The lowest BCUT2D eigenvalue weighted by Gasteiger charge is -2.04. The summed E-state index contributed by atoms with van der Waals surface area (Å²) in [5.74, 6) is -0.324. The highest BCUT2D eigenvalue weighted by Crippen LogP contribution is 2.26. The highest BCUT2D eigenvalue weighted by Gasteiger charge is 2.03. The predicted octanol–water partition coefficient (Wildman–Crippen LogP) is 4.31. The van der Waals surface area contributed by atoms with Crippen LogP contribution >= 0.6 is 11.3 Å². The first-order valence-corrected chi connectivity index (χ1v) is 8.83. The average Bonchev–Trinajstić information content (AvgIpc) is 3.21. The van der Waals surface area contributed by atoms with E-state index in [1.54, 1.807) is 35.6 Å². The monoisotopic (exact) mass is 367 g/mol. The fraction of sp³-hybridized carbons (Fsp3) is 0.100. The molecule has 4 nitrogen and oxygen atoms in total. The Labute approximate surface area is 154 Å². The molecule has 0 spiro atoms. The van der Waals surface area contributed by atoms with E-state index in [1.165, 1.54) is 38.1 Å². The van der Waals surface area contributed by atoms with Crippen LogP contribution in [0, 0.1) is 5.82 Å². The summed E-state index contributed by atoms with van der Waals surface area (Å²) in [5, 5.41) is 3.85. The van der Waals surface area contributed by atoms with Crippen LogP contribution in [0.4, 0.5) is 4.39 Å². The molecule has 0 aliphatic carbocycles. The van der Waals surface area contributed by atoms with E-state index in [1.807, 2.05) is 6.08 Å². The molecule has 0 aliphatic heterocycles. The normalized spacial score (nSPS) is 10.4. The molecule has 6 heteroatoms. The number of benzene rings is 1. The third-order valence-electron chi connectivity index (χ3n) is 3.85. The number of aromatic nitrogens is 3. The standard InChI is InChI=1S/C11H9FN2O.C9H9NS/c12-10-5-2-1-4-9(10)8-14-11(15)6-3-7-13-14;1-3-7-6-8-9(11-7)4-5-10(8)2/h1-7H,8H2;3-6H,1H2,2H3. The lowest BCUT2D eigenvalue weighted by Crippen LogP contribution is -2.22. The van der Waals surface area contributed by atoms with Crippen molar-refractivity contribution in [1.82, 2.24) is 14.3 Å². The van der Waals surface area contributed by atoms with Gasteiger partial charge in [0, 0.05) is 35.9 Å². The molecule has 0 amide bonds. The molecule has 0 radical (unpaired) electrons. The Kier molecular flexibility index (Phi) is 5.43. The van der Waals surface area contributed by atoms with Crippen LogP contribution in [-0.4, -0.2) is 14.3 Å². The zero-order chi connectivity index (χ0) is 18.5. The summed E-state index contributed by atoms with van der Waals surface area (Å²) in [5.41, 5.74) is 1.52. The highest BCUT2D eigenvalue weighted by atomic mass is 32.1. The molecule has 0 atom stereocenters. The van der Waals surface area contributed by atoms with Gasteiger partial charge in [-0.05, 0) is 24.3 Å². The van der Waals surface area contributed by atoms with E-state index >= 15 is 0 Å². The van der Waals surface area contributed by atoms with Crippen molar-refractivity contribution < 1.29 is 4.39 Å². The van der Waals surface area contributed by atoms with Crippen molar-refractivity contribution in [2.45, 2.75) is 6.54 Å². The number of halogens is 1. The summed E-state index contributed by atoms with van der Waals surface area (Å²) < 4.78 is 17.9. The Morgan fingerprint density at radius 1 is 1.23 bits per heavy atom. The van der Waals surface area contributed by atoms with Gasteiger partial charge in [0.25, 0.3) is 5.56 Å². The van der Waals surface area contributed by atoms with Crippen molar-refractivity contribution in [3.8, 4) is 0 Å². The number of rotatable bonds is 3. The Morgan fingerprint density at radius 2 is 2.04 bits per heavy atom. The lowest BCUT2D eigenvalue weighted by atomic mass is 10.2. The zero-order valence-electron chi connectivity index (χ0n) is 14.3. The van der Waals surface area contributed by atoms with Gasteiger partial charge in [0.05, 0.1) is 16.8 Å². The molecule has 0 bridgehead atoms. The second-order valence-corrected chi connectivity index (χ2v) is 6.76. The third-order valence-corrected chi connectivity index (χ3v) is 4.94. The zero-order valence-corrected chi connectivity index (χ0v) is 15.1. The maximum absolute atomic E-state index is 13.3. The minimum Gasteiger partial charge on any atom is -0.350 e. The van der Waals surface area contributed by atoms with Crippen molar-refractivity contribution in [2.75, 3.05) is 0 Å². The smallest absolute Gasteiger partial charge is 0.267 e. The number of hydrogen-bond acceptors (Lipinski definition) is 3. The molecule has 3 aromatic heterocycles. The third kappa shape index (κ3) is 3.97.